The van der Waals surface area contributed by atoms with Crippen LogP contribution in [0.2, 0.25) is 0 Å². The third-order valence-electron chi connectivity index (χ3n) is 10.8. The summed E-state index contributed by atoms with van der Waals surface area (Å²) in [6.07, 6.45) is 0.294. The number of rotatable bonds is 8. The molecule has 0 fully saturated rings. The first-order valence-electron chi connectivity index (χ1n) is 25.4. The molecule has 0 saturated heterocycles. The van der Waals surface area contributed by atoms with Crippen LogP contribution in [0.5, 0.6) is 5.75 Å². The summed E-state index contributed by atoms with van der Waals surface area (Å²) in [4.78, 5) is 9.90. The topological polar surface area (TPSA) is 50.9 Å². The Morgan fingerprint density at radius 3 is 2.16 bits per heavy atom. The summed E-state index contributed by atoms with van der Waals surface area (Å²) in [6.45, 7) is 15.7. The monoisotopic (exact) mass is 991 g/mol. The van der Waals surface area contributed by atoms with E-state index in [9.17, 15) is 6.48 Å². The summed E-state index contributed by atoms with van der Waals surface area (Å²) in [5.74, 6) is 1.06. The Morgan fingerprint density at radius 1 is 0.738 bits per heavy atom. The number of para-hydroxylation sites is 1. The fourth-order valence-electron chi connectivity index (χ4n) is 7.77. The molecule has 0 aliphatic rings. The molecular weight excluding hydrogens is 926 g/mol. The number of aryl methyl sites for hydroxylation is 1. The average Bonchev–Trinajstić information content (AvgIpc) is 3.67. The molecule has 0 radical (unpaired) electrons. The van der Waals surface area contributed by atoms with Gasteiger partial charge in [-0.25, -0.2) is 4.98 Å². The van der Waals surface area contributed by atoms with Crippen LogP contribution in [-0.4, -0.2) is 19.6 Å². The van der Waals surface area contributed by atoms with E-state index in [0.717, 1.165) is 45.4 Å². The maximum atomic E-state index is 12.3. The molecule has 0 saturated carbocycles. The van der Waals surface area contributed by atoms with Crippen molar-refractivity contribution in [2.75, 3.05) is 0 Å². The van der Waals surface area contributed by atoms with Crippen LogP contribution in [0.15, 0.2) is 133 Å². The zero-order valence-electron chi connectivity index (χ0n) is 46.0. The Balaban J connectivity index is 0.00000741. The molecule has 0 atom stereocenters. The SMILES string of the molecule is [2H]c1nc(-c2[c-]c(-c3cccc4c3nc(-c3cc(C)cc(C(C)(C)C)c3O)n4-c3ccc(CC(C)C)cc3-c3ccccc3)cc(C(C)(C)C)c2)c([2H])c(-c2c([2H])c([2H])c(C([2H])([2H])[2H])c([2H])c2[2H])c1[2H].[Pt]. The van der Waals surface area contributed by atoms with Crippen molar-refractivity contribution in [2.45, 2.75) is 86.4 Å². The Labute approximate surface area is 391 Å². The van der Waals surface area contributed by atoms with E-state index >= 15 is 0 Å². The quantitative estimate of drug-likeness (QED) is 0.154. The van der Waals surface area contributed by atoms with E-state index in [1.54, 1.807) is 6.07 Å². The number of hydrogen-bond acceptors (Lipinski definition) is 3. The zero-order chi connectivity index (χ0) is 51.1. The summed E-state index contributed by atoms with van der Waals surface area (Å²) < 4.78 is 88.0. The van der Waals surface area contributed by atoms with Gasteiger partial charge in [-0.2, -0.15) is 0 Å². The molecule has 312 valence electrons. The van der Waals surface area contributed by atoms with Gasteiger partial charge in [0.15, 0.2) is 0 Å². The number of phenols is 1. The average molecular weight is 992 g/mol. The molecule has 0 aliphatic carbocycles. The van der Waals surface area contributed by atoms with Gasteiger partial charge in [-0.1, -0.05) is 157 Å². The summed E-state index contributed by atoms with van der Waals surface area (Å²) in [6, 6.07) is 29.7. The van der Waals surface area contributed by atoms with Gasteiger partial charge in [0.1, 0.15) is 11.6 Å². The molecular formula is C56H56N3OPt-. The summed E-state index contributed by atoms with van der Waals surface area (Å²) >= 11 is 0. The van der Waals surface area contributed by atoms with E-state index in [-0.39, 0.29) is 43.6 Å². The van der Waals surface area contributed by atoms with E-state index in [1.807, 2.05) is 82.3 Å². The minimum atomic E-state index is -2.97. The van der Waals surface area contributed by atoms with Crippen molar-refractivity contribution in [2.24, 2.45) is 5.92 Å². The van der Waals surface area contributed by atoms with Crippen LogP contribution in [0.1, 0.15) is 96.9 Å². The van der Waals surface area contributed by atoms with Gasteiger partial charge in [0.25, 0.3) is 0 Å². The molecule has 8 rings (SSSR count). The maximum Gasteiger partial charge on any atom is 0.148 e. The van der Waals surface area contributed by atoms with Gasteiger partial charge in [0, 0.05) is 48.2 Å². The van der Waals surface area contributed by atoms with E-state index in [2.05, 4.69) is 80.6 Å². The molecule has 0 unspecified atom stereocenters. The van der Waals surface area contributed by atoms with Gasteiger partial charge < -0.3 is 5.11 Å². The molecule has 0 amide bonds. The Bertz CT molecular complexity index is 3360. The van der Waals surface area contributed by atoms with Crippen molar-refractivity contribution in [3.8, 4) is 67.5 Å². The minimum absolute atomic E-state index is 0. The standard InChI is InChI=1S/C56H56N3O.Pt/c1-35(2)27-38-21-24-50(46(30-38)40-15-12-11-13-16-40)59-51-18-14-17-45(52(51)58-54(59)47-28-37(4)29-48(53(47)60)56(8,9)10)42-31-43(33-44(32-42)55(5,6)7)49-34-41(25-26-57-49)39-22-19-36(3)20-23-39;/h11-26,28-30,32-35,60H,27H2,1-10H3;/q-1;/i3D3,19D,20D,22D,23D,25D,26D,34D;. The molecule has 4 nitrogen and oxygen atoms in total. The predicted molar refractivity (Wildman–Crippen MR) is 252 cm³/mol. The number of aromatic nitrogens is 3. The van der Waals surface area contributed by atoms with Crippen LogP contribution in [0.25, 0.3) is 72.7 Å². The van der Waals surface area contributed by atoms with Gasteiger partial charge in [-0.05, 0) is 95.1 Å². The Morgan fingerprint density at radius 2 is 1.48 bits per heavy atom. The van der Waals surface area contributed by atoms with Crippen molar-refractivity contribution >= 4 is 11.0 Å². The van der Waals surface area contributed by atoms with Crippen molar-refractivity contribution in [1.82, 2.24) is 14.5 Å². The number of fused-ring (bicyclic) bond motifs is 1. The Kier molecular flexibility index (Phi) is 9.00. The number of pyridine rings is 1. The normalized spacial score (nSPS) is 14.5. The largest absolute Gasteiger partial charge is 0.507 e. The van der Waals surface area contributed by atoms with Gasteiger partial charge >= 0.3 is 0 Å². The number of nitrogens with zero attached hydrogens (tertiary/aromatic N) is 3. The van der Waals surface area contributed by atoms with Crippen molar-refractivity contribution < 1.29 is 39.9 Å². The van der Waals surface area contributed by atoms with Crippen LogP contribution in [0.3, 0.4) is 0 Å². The molecule has 6 aromatic carbocycles. The predicted octanol–water partition coefficient (Wildman–Crippen LogP) is 14.7. The molecule has 61 heavy (non-hydrogen) atoms. The summed E-state index contributed by atoms with van der Waals surface area (Å²) in [5, 5.41) is 12.3. The fourth-order valence-corrected chi connectivity index (χ4v) is 7.77. The Hall–Kier alpha value is -5.57. The molecule has 1 N–H and O–H groups in total. The first kappa shape index (κ1) is 32.2. The first-order chi connectivity index (χ1) is 32.7. The summed E-state index contributed by atoms with van der Waals surface area (Å²) in [7, 11) is 0. The van der Waals surface area contributed by atoms with Crippen LogP contribution in [0.4, 0.5) is 0 Å². The van der Waals surface area contributed by atoms with Crippen LogP contribution in [-0.2, 0) is 38.3 Å². The molecule has 0 aliphatic heterocycles. The maximum absolute atomic E-state index is 12.3. The second-order valence-corrected chi connectivity index (χ2v) is 18.1. The second kappa shape index (κ2) is 17.1. The van der Waals surface area contributed by atoms with Gasteiger partial charge in [-0.15, -0.1) is 29.3 Å². The van der Waals surface area contributed by atoms with Gasteiger partial charge in [0.05, 0.1) is 31.9 Å². The molecule has 5 heteroatoms. The number of hydrogen-bond donors (Lipinski definition) is 1. The van der Waals surface area contributed by atoms with Crippen molar-refractivity contribution in [3.63, 3.8) is 0 Å². The molecule has 2 aromatic heterocycles. The molecule has 8 aromatic rings. The van der Waals surface area contributed by atoms with Crippen molar-refractivity contribution in [1.29, 1.82) is 0 Å². The number of phenolic OH excluding ortho intramolecular Hbond substituents is 1. The number of benzene rings is 6. The van der Waals surface area contributed by atoms with E-state index < -0.39 is 71.2 Å². The van der Waals surface area contributed by atoms with Gasteiger partial charge in [-0.3, -0.25) is 9.55 Å². The number of imidazole rings is 1. The van der Waals surface area contributed by atoms with E-state index in [0.29, 0.717) is 33.9 Å². The van der Waals surface area contributed by atoms with Gasteiger partial charge in [0.2, 0.25) is 0 Å². The third kappa shape index (κ3) is 8.93. The van der Waals surface area contributed by atoms with Crippen LogP contribution < -0.4 is 0 Å². The second-order valence-electron chi connectivity index (χ2n) is 18.1. The summed E-state index contributed by atoms with van der Waals surface area (Å²) in [5.41, 5.74) is 7.37. The molecule has 2 heterocycles. The van der Waals surface area contributed by atoms with Crippen LogP contribution >= 0.6 is 0 Å². The first-order valence-corrected chi connectivity index (χ1v) is 20.4. The van der Waals surface area contributed by atoms with Crippen molar-refractivity contribution in [3.05, 3.63) is 167 Å². The third-order valence-corrected chi connectivity index (χ3v) is 10.8. The minimum Gasteiger partial charge on any atom is -0.507 e. The number of aromatic hydroxyl groups is 1. The van der Waals surface area contributed by atoms with E-state index in [4.69, 9.17) is 17.3 Å². The fraction of sp³-hybridized carbons (Fsp3) is 0.250. The zero-order valence-corrected chi connectivity index (χ0v) is 38.3. The van der Waals surface area contributed by atoms with Crippen LogP contribution in [0, 0.1) is 25.8 Å². The van der Waals surface area contributed by atoms with E-state index in [1.165, 1.54) is 5.56 Å². The smallest absolute Gasteiger partial charge is 0.148 e. The molecule has 0 spiro atoms. The molecule has 0 bridgehead atoms.